The molecule has 0 fully saturated rings. The molecule has 1 atom stereocenters. The fraction of sp³-hybridized carbons (Fsp3) is 0.188. The molecule has 0 bridgehead atoms. The third-order valence-corrected chi connectivity index (χ3v) is 3.42. The van der Waals surface area contributed by atoms with Crippen LogP contribution in [0.25, 0.3) is 0 Å². The van der Waals surface area contributed by atoms with Crippen molar-refractivity contribution in [3.05, 3.63) is 64.7 Å². The van der Waals surface area contributed by atoms with E-state index in [0.717, 1.165) is 0 Å². The molecule has 1 amide bonds. The molecule has 1 unspecified atom stereocenters. The minimum Gasteiger partial charge on any atom is -0.496 e. The van der Waals surface area contributed by atoms with Crippen LogP contribution in [0, 0.1) is 11.6 Å². The Hall–Kier alpha value is -2.47. The van der Waals surface area contributed by atoms with E-state index in [2.05, 4.69) is 0 Å². The van der Waals surface area contributed by atoms with Gasteiger partial charge in [0.25, 0.3) is 0 Å². The van der Waals surface area contributed by atoms with Gasteiger partial charge in [0.05, 0.1) is 7.11 Å². The van der Waals surface area contributed by atoms with E-state index in [4.69, 9.17) is 16.2 Å². The first-order valence-corrected chi connectivity index (χ1v) is 6.59. The molecule has 0 aromatic heterocycles. The van der Waals surface area contributed by atoms with E-state index in [1.165, 1.54) is 25.3 Å². The van der Waals surface area contributed by atoms with Gasteiger partial charge < -0.3 is 16.2 Å². The van der Waals surface area contributed by atoms with Crippen LogP contribution >= 0.6 is 0 Å². The Morgan fingerprint density at radius 2 is 1.77 bits per heavy atom. The van der Waals surface area contributed by atoms with Gasteiger partial charge in [0.15, 0.2) is 0 Å². The lowest BCUT2D eigenvalue weighted by molar-refractivity contribution is -0.119. The van der Waals surface area contributed by atoms with E-state index in [9.17, 15) is 13.6 Å². The molecule has 0 saturated heterocycles. The van der Waals surface area contributed by atoms with Crippen molar-refractivity contribution in [3.63, 3.8) is 0 Å². The van der Waals surface area contributed by atoms with Crippen LogP contribution < -0.4 is 16.2 Å². The first kappa shape index (κ1) is 15.9. The monoisotopic (exact) mass is 306 g/mol. The molecule has 4 nitrogen and oxygen atoms in total. The predicted octanol–water partition coefficient (Wildman–Crippen LogP) is 2.05. The summed E-state index contributed by atoms with van der Waals surface area (Å²) >= 11 is 0. The van der Waals surface area contributed by atoms with Gasteiger partial charge >= 0.3 is 0 Å². The van der Waals surface area contributed by atoms with Crippen LogP contribution in [0.1, 0.15) is 22.7 Å². The maximum atomic E-state index is 13.8. The van der Waals surface area contributed by atoms with Gasteiger partial charge in [-0.2, -0.15) is 0 Å². The van der Waals surface area contributed by atoms with E-state index in [-0.39, 0.29) is 12.0 Å². The van der Waals surface area contributed by atoms with E-state index >= 15 is 0 Å². The van der Waals surface area contributed by atoms with E-state index in [0.29, 0.717) is 16.9 Å². The first-order valence-electron chi connectivity index (χ1n) is 6.59. The third-order valence-electron chi connectivity index (χ3n) is 3.42. The average molecular weight is 306 g/mol. The summed E-state index contributed by atoms with van der Waals surface area (Å²) in [6.07, 6.45) is -0.0635. The number of methoxy groups -OCH3 is 1. The van der Waals surface area contributed by atoms with Crippen LogP contribution in [0.4, 0.5) is 8.78 Å². The molecule has 4 N–H and O–H groups in total. The molecule has 0 spiro atoms. The number of carbonyl (C=O) groups excluding carboxylic acids is 1. The number of hydrogen-bond acceptors (Lipinski definition) is 3. The van der Waals surface area contributed by atoms with Gasteiger partial charge in [0.1, 0.15) is 23.4 Å². The van der Waals surface area contributed by atoms with Crippen LogP contribution in [0.5, 0.6) is 5.75 Å². The highest BCUT2D eigenvalue weighted by molar-refractivity contribution is 5.82. The van der Waals surface area contributed by atoms with Crippen LogP contribution in [-0.2, 0) is 11.2 Å². The molecule has 2 aromatic rings. The molecule has 116 valence electrons. The molecule has 0 heterocycles. The molecular weight excluding hydrogens is 290 g/mol. The van der Waals surface area contributed by atoms with E-state index < -0.39 is 23.6 Å². The standard InChI is InChI=1S/C16H16F2N2O2/c1-22-13-7-2-4-9(14(13)15(19)16(20)21)8-10-11(17)5-3-6-12(10)18/h2-7,15H,8,19H2,1H3,(H2,20,21). The first-order chi connectivity index (χ1) is 10.5. The predicted molar refractivity (Wildman–Crippen MR) is 78.3 cm³/mol. The second-order valence-corrected chi connectivity index (χ2v) is 4.79. The Morgan fingerprint density at radius 3 is 2.32 bits per heavy atom. The summed E-state index contributed by atoms with van der Waals surface area (Å²) in [4.78, 5) is 11.4. The normalized spacial score (nSPS) is 12.0. The Morgan fingerprint density at radius 1 is 1.18 bits per heavy atom. The molecule has 0 radical (unpaired) electrons. The molecule has 0 aliphatic heterocycles. The van der Waals surface area contributed by atoms with Crippen molar-refractivity contribution in [2.75, 3.05) is 7.11 Å². The number of carbonyl (C=O) groups is 1. The lowest BCUT2D eigenvalue weighted by atomic mass is 9.94. The van der Waals surface area contributed by atoms with Crippen molar-refractivity contribution < 1.29 is 18.3 Å². The molecule has 6 heteroatoms. The van der Waals surface area contributed by atoms with Crippen molar-refractivity contribution in [1.82, 2.24) is 0 Å². The fourth-order valence-corrected chi connectivity index (χ4v) is 2.31. The number of amides is 1. The third kappa shape index (κ3) is 3.07. The van der Waals surface area contributed by atoms with Crippen molar-refractivity contribution in [1.29, 1.82) is 0 Å². The Bertz CT molecular complexity index is 684. The summed E-state index contributed by atoms with van der Waals surface area (Å²) in [7, 11) is 1.42. The highest BCUT2D eigenvalue weighted by Crippen LogP contribution is 2.30. The van der Waals surface area contributed by atoms with Crippen molar-refractivity contribution in [2.45, 2.75) is 12.5 Å². The molecule has 22 heavy (non-hydrogen) atoms. The second-order valence-electron chi connectivity index (χ2n) is 4.79. The average Bonchev–Trinajstić information content (AvgIpc) is 2.49. The zero-order valence-electron chi connectivity index (χ0n) is 12.0. The summed E-state index contributed by atoms with van der Waals surface area (Å²) in [5.41, 5.74) is 11.8. The number of hydrogen-bond donors (Lipinski definition) is 2. The minimum absolute atomic E-state index is 0.0635. The van der Waals surface area contributed by atoms with Gasteiger partial charge in [-0.25, -0.2) is 8.78 Å². The number of nitrogens with two attached hydrogens (primary N) is 2. The van der Waals surface area contributed by atoms with Crippen LogP contribution in [0.3, 0.4) is 0 Å². The summed E-state index contributed by atoms with van der Waals surface area (Å²) in [5.74, 6) is -1.73. The summed E-state index contributed by atoms with van der Waals surface area (Å²) in [6.45, 7) is 0. The van der Waals surface area contributed by atoms with Crippen LogP contribution in [0.15, 0.2) is 36.4 Å². The SMILES string of the molecule is COc1cccc(Cc2c(F)cccc2F)c1C(N)C(N)=O. The number of rotatable bonds is 5. The lowest BCUT2D eigenvalue weighted by Crippen LogP contribution is -2.29. The largest absolute Gasteiger partial charge is 0.496 e. The number of benzene rings is 2. The summed E-state index contributed by atoms with van der Waals surface area (Å²) in [5, 5.41) is 0. The lowest BCUT2D eigenvalue weighted by Gasteiger charge is -2.18. The van der Waals surface area contributed by atoms with Gasteiger partial charge in [0, 0.05) is 17.5 Å². The Labute approximate surface area is 126 Å². The van der Waals surface area contributed by atoms with Gasteiger partial charge in [-0.15, -0.1) is 0 Å². The maximum Gasteiger partial charge on any atom is 0.239 e. The molecule has 0 aliphatic carbocycles. The van der Waals surface area contributed by atoms with Gasteiger partial charge in [0.2, 0.25) is 5.91 Å². The topological polar surface area (TPSA) is 78.3 Å². The number of ether oxygens (including phenoxy) is 1. The molecule has 0 saturated carbocycles. The van der Waals surface area contributed by atoms with Gasteiger partial charge in [-0.05, 0) is 23.8 Å². The smallest absolute Gasteiger partial charge is 0.239 e. The van der Waals surface area contributed by atoms with Crippen molar-refractivity contribution >= 4 is 5.91 Å². The van der Waals surface area contributed by atoms with E-state index in [1.54, 1.807) is 18.2 Å². The fourth-order valence-electron chi connectivity index (χ4n) is 2.31. The number of primary amides is 1. The molecule has 2 aromatic carbocycles. The molecular formula is C16H16F2N2O2. The highest BCUT2D eigenvalue weighted by atomic mass is 19.1. The Kier molecular flexibility index (Phi) is 4.72. The maximum absolute atomic E-state index is 13.8. The molecule has 2 rings (SSSR count). The van der Waals surface area contributed by atoms with Gasteiger partial charge in [-0.3, -0.25) is 4.79 Å². The highest BCUT2D eigenvalue weighted by Gasteiger charge is 2.22. The number of halogens is 2. The van der Waals surface area contributed by atoms with Crippen LogP contribution in [-0.4, -0.2) is 13.0 Å². The zero-order valence-corrected chi connectivity index (χ0v) is 12.0. The minimum atomic E-state index is -1.12. The summed E-state index contributed by atoms with van der Waals surface area (Å²) in [6, 6.07) is 7.41. The zero-order chi connectivity index (χ0) is 16.3. The second kappa shape index (κ2) is 6.53. The van der Waals surface area contributed by atoms with Gasteiger partial charge in [-0.1, -0.05) is 18.2 Å². The summed E-state index contributed by atoms with van der Waals surface area (Å²) < 4.78 is 32.8. The van der Waals surface area contributed by atoms with Crippen molar-refractivity contribution in [2.24, 2.45) is 11.5 Å². The molecule has 0 aliphatic rings. The Balaban J connectivity index is 2.54. The quantitative estimate of drug-likeness (QED) is 0.887. The van der Waals surface area contributed by atoms with Crippen LogP contribution in [0.2, 0.25) is 0 Å². The van der Waals surface area contributed by atoms with Crippen molar-refractivity contribution in [3.8, 4) is 5.75 Å². The van der Waals surface area contributed by atoms with E-state index in [1.807, 2.05) is 0 Å².